The quantitative estimate of drug-likeness (QED) is 0.278. The Balaban J connectivity index is 1.77. The summed E-state index contributed by atoms with van der Waals surface area (Å²) in [5.41, 5.74) is 3.15. The fourth-order valence-electron chi connectivity index (χ4n) is 3.91. The molecule has 0 heterocycles. The van der Waals surface area contributed by atoms with Gasteiger partial charge < -0.3 is 15.0 Å². The Morgan fingerprint density at radius 1 is 0.917 bits per heavy atom. The lowest BCUT2D eigenvalue weighted by Gasteiger charge is -2.32. The minimum atomic E-state index is -0.621. The van der Waals surface area contributed by atoms with Gasteiger partial charge in [-0.3, -0.25) is 9.59 Å². The van der Waals surface area contributed by atoms with Crippen molar-refractivity contribution in [1.29, 1.82) is 0 Å². The van der Waals surface area contributed by atoms with Crippen molar-refractivity contribution in [3.05, 3.63) is 100 Å². The van der Waals surface area contributed by atoms with Gasteiger partial charge in [-0.1, -0.05) is 76.1 Å². The van der Waals surface area contributed by atoms with Crippen LogP contribution in [0.25, 0.3) is 0 Å². The molecule has 0 aliphatic carbocycles. The van der Waals surface area contributed by atoms with Crippen LogP contribution in [0.15, 0.2) is 83.3 Å². The molecular weight excluding hydrogens is 516 g/mol. The van der Waals surface area contributed by atoms with Crippen LogP contribution in [-0.4, -0.2) is 35.4 Å². The number of nitrogens with one attached hydrogen (secondary N) is 1. The van der Waals surface area contributed by atoms with Gasteiger partial charge in [0.25, 0.3) is 0 Å². The lowest BCUT2D eigenvalue weighted by Crippen LogP contribution is -2.51. The molecule has 3 aromatic rings. The molecule has 3 aromatic carbocycles. The van der Waals surface area contributed by atoms with Gasteiger partial charge in [-0.25, -0.2) is 0 Å². The summed E-state index contributed by atoms with van der Waals surface area (Å²) in [7, 11) is 0. The molecule has 0 saturated carbocycles. The van der Waals surface area contributed by atoms with Crippen LogP contribution in [-0.2, 0) is 22.6 Å². The Labute approximate surface area is 223 Å². The molecule has 0 saturated heterocycles. The fraction of sp³-hybridized carbons (Fsp3) is 0.333. The van der Waals surface area contributed by atoms with Crippen molar-refractivity contribution in [3.8, 4) is 5.75 Å². The second kappa shape index (κ2) is 13.8. The van der Waals surface area contributed by atoms with Gasteiger partial charge in [-0.15, -0.1) is 0 Å². The summed E-state index contributed by atoms with van der Waals surface area (Å²) in [4.78, 5) is 28.6. The number of hydrogen-bond acceptors (Lipinski definition) is 3. The zero-order chi connectivity index (χ0) is 25.9. The standard InChI is InChI=1S/C30H35BrN2O3/c1-22(2)32-30(35)28(20-24-8-5-4-6-9-24)33(21-25-13-15-26(31)16-14-25)29(34)10-7-19-36-27-17-11-23(3)12-18-27/h4-6,8-9,11-18,22,28H,7,10,19-21H2,1-3H3,(H,32,35)/t28-/m1/s1. The molecule has 190 valence electrons. The Morgan fingerprint density at radius 2 is 1.58 bits per heavy atom. The maximum Gasteiger partial charge on any atom is 0.243 e. The summed E-state index contributed by atoms with van der Waals surface area (Å²) < 4.78 is 6.79. The van der Waals surface area contributed by atoms with E-state index in [4.69, 9.17) is 4.74 Å². The number of ether oxygens (including phenoxy) is 1. The molecule has 5 nitrogen and oxygen atoms in total. The summed E-state index contributed by atoms with van der Waals surface area (Å²) >= 11 is 3.47. The second-order valence-electron chi connectivity index (χ2n) is 9.28. The molecule has 36 heavy (non-hydrogen) atoms. The average Bonchev–Trinajstić information content (AvgIpc) is 2.86. The highest BCUT2D eigenvalue weighted by molar-refractivity contribution is 9.10. The molecule has 1 N–H and O–H groups in total. The van der Waals surface area contributed by atoms with E-state index in [0.717, 1.165) is 21.3 Å². The highest BCUT2D eigenvalue weighted by Gasteiger charge is 2.30. The van der Waals surface area contributed by atoms with Crippen molar-refractivity contribution in [2.24, 2.45) is 0 Å². The van der Waals surface area contributed by atoms with E-state index < -0.39 is 6.04 Å². The van der Waals surface area contributed by atoms with Crippen LogP contribution >= 0.6 is 15.9 Å². The van der Waals surface area contributed by atoms with E-state index in [9.17, 15) is 9.59 Å². The van der Waals surface area contributed by atoms with Gasteiger partial charge in [-0.05, 0) is 62.6 Å². The highest BCUT2D eigenvalue weighted by atomic mass is 79.9. The monoisotopic (exact) mass is 550 g/mol. The first-order valence-electron chi connectivity index (χ1n) is 12.4. The number of nitrogens with zero attached hydrogens (tertiary/aromatic N) is 1. The van der Waals surface area contributed by atoms with Crippen molar-refractivity contribution in [2.45, 2.75) is 58.7 Å². The number of aryl methyl sites for hydroxylation is 1. The van der Waals surface area contributed by atoms with Crippen molar-refractivity contribution in [3.63, 3.8) is 0 Å². The van der Waals surface area contributed by atoms with E-state index in [2.05, 4.69) is 21.2 Å². The van der Waals surface area contributed by atoms with Gasteiger partial charge in [-0.2, -0.15) is 0 Å². The van der Waals surface area contributed by atoms with Crippen LogP contribution in [0.2, 0.25) is 0 Å². The van der Waals surface area contributed by atoms with E-state index in [1.54, 1.807) is 4.90 Å². The number of benzene rings is 3. The molecular formula is C30H35BrN2O3. The van der Waals surface area contributed by atoms with E-state index in [-0.39, 0.29) is 17.9 Å². The Bertz CT molecular complexity index is 1100. The number of halogens is 1. The van der Waals surface area contributed by atoms with Gasteiger partial charge >= 0.3 is 0 Å². The van der Waals surface area contributed by atoms with Crippen molar-refractivity contribution >= 4 is 27.7 Å². The van der Waals surface area contributed by atoms with E-state index in [0.29, 0.717) is 32.4 Å². The summed E-state index contributed by atoms with van der Waals surface area (Å²) in [5, 5.41) is 3.02. The van der Waals surface area contributed by atoms with Crippen LogP contribution in [0.3, 0.4) is 0 Å². The van der Waals surface area contributed by atoms with Crippen molar-refractivity contribution in [2.75, 3.05) is 6.61 Å². The number of rotatable bonds is 12. The van der Waals surface area contributed by atoms with Crippen molar-refractivity contribution in [1.82, 2.24) is 10.2 Å². The molecule has 0 spiro atoms. The third kappa shape index (κ3) is 8.83. The van der Waals surface area contributed by atoms with Crippen LogP contribution < -0.4 is 10.1 Å². The summed E-state index contributed by atoms with van der Waals surface area (Å²) in [6, 6.07) is 24.9. The number of amides is 2. The van der Waals surface area contributed by atoms with E-state index in [1.807, 2.05) is 99.6 Å². The number of hydrogen-bond donors (Lipinski definition) is 1. The molecule has 0 radical (unpaired) electrons. The zero-order valence-electron chi connectivity index (χ0n) is 21.2. The lowest BCUT2D eigenvalue weighted by molar-refractivity contribution is -0.141. The third-order valence-corrected chi connectivity index (χ3v) is 6.32. The molecule has 0 fully saturated rings. The largest absolute Gasteiger partial charge is 0.494 e. The van der Waals surface area contributed by atoms with Crippen molar-refractivity contribution < 1.29 is 14.3 Å². The SMILES string of the molecule is Cc1ccc(OCCCC(=O)N(Cc2ccc(Br)cc2)[C@H](Cc2ccccc2)C(=O)NC(C)C)cc1. The minimum Gasteiger partial charge on any atom is -0.494 e. The summed E-state index contributed by atoms with van der Waals surface area (Å²) in [6.45, 7) is 6.68. The first-order chi connectivity index (χ1) is 17.3. The van der Waals surface area contributed by atoms with E-state index in [1.165, 1.54) is 5.56 Å². The molecule has 0 aliphatic heterocycles. The molecule has 1 atom stereocenters. The molecule has 0 bridgehead atoms. The maximum atomic E-state index is 13.6. The predicted molar refractivity (Wildman–Crippen MR) is 148 cm³/mol. The molecule has 0 aliphatic rings. The van der Waals surface area contributed by atoms with Crippen LogP contribution in [0.1, 0.15) is 43.4 Å². The summed E-state index contributed by atoms with van der Waals surface area (Å²) in [6.07, 6.45) is 1.30. The van der Waals surface area contributed by atoms with Crippen LogP contribution in [0, 0.1) is 6.92 Å². The molecule has 6 heteroatoms. The van der Waals surface area contributed by atoms with Gasteiger partial charge in [0, 0.05) is 29.9 Å². The van der Waals surface area contributed by atoms with E-state index >= 15 is 0 Å². The first-order valence-corrected chi connectivity index (χ1v) is 13.2. The summed E-state index contributed by atoms with van der Waals surface area (Å²) in [5.74, 6) is 0.582. The maximum absolute atomic E-state index is 13.6. The highest BCUT2D eigenvalue weighted by Crippen LogP contribution is 2.19. The smallest absolute Gasteiger partial charge is 0.243 e. The zero-order valence-corrected chi connectivity index (χ0v) is 22.8. The van der Waals surface area contributed by atoms with Gasteiger partial charge in [0.15, 0.2) is 0 Å². The topological polar surface area (TPSA) is 58.6 Å². The minimum absolute atomic E-state index is 0.0247. The third-order valence-electron chi connectivity index (χ3n) is 5.79. The molecule has 2 amide bonds. The van der Waals surface area contributed by atoms with Crippen LogP contribution in [0.5, 0.6) is 5.75 Å². The first kappa shape index (κ1) is 27.5. The van der Waals surface area contributed by atoms with Gasteiger partial charge in [0.1, 0.15) is 11.8 Å². The Kier molecular flexibility index (Phi) is 10.6. The second-order valence-corrected chi connectivity index (χ2v) is 10.2. The lowest BCUT2D eigenvalue weighted by atomic mass is 10.0. The Hall–Kier alpha value is -3.12. The normalized spacial score (nSPS) is 11.7. The fourth-order valence-corrected chi connectivity index (χ4v) is 4.18. The van der Waals surface area contributed by atoms with Gasteiger partial charge in [0.05, 0.1) is 6.61 Å². The number of carbonyl (C=O) groups excluding carboxylic acids is 2. The molecule has 0 aromatic heterocycles. The number of carbonyl (C=O) groups is 2. The van der Waals surface area contributed by atoms with Gasteiger partial charge in [0.2, 0.25) is 11.8 Å². The Morgan fingerprint density at radius 3 is 2.22 bits per heavy atom. The average molecular weight is 552 g/mol. The molecule has 3 rings (SSSR count). The predicted octanol–water partition coefficient (Wildman–Crippen LogP) is 6.08. The van der Waals surface area contributed by atoms with Crippen LogP contribution in [0.4, 0.5) is 0 Å². The molecule has 0 unspecified atom stereocenters.